The Hall–Kier alpha value is -1.91. The van der Waals surface area contributed by atoms with Gasteiger partial charge in [-0.05, 0) is 37.8 Å². The molecule has 2 aliphatic rings. The molecule has 23 heavy (non-hydrogen) atoms. The summed E-state index contributed by atoms with van der Waals surface area (Å²) in [5.41, 5.74) is 7.08. The van der Waals surface area contributed by atoms with Gasteiger partial charge in [-0.1, -0.05) is 0 Å². The number of hydrogen-bond acceptors (Lipinski definition) is 5. The second kappa shape index (κ2) is 6.69. The molecule has 7 heteroatoms. The third-order valence-electron chi connectivity index (χ3n) is 4.62. The van der Waals surface area contributed by atoms with Gasteiger partial charge in [0.05, 0.1) is 11.5 Å². The third kappa shape index (κ3) is 3.38. The molecule has 0 saturated carbocycles. The molecule has 1 atom stereocenters. The van der Waals surface area contributed by atoms with E-state index in [1.54, 1.807) is 0 Å². The molecule has 1 fully saturated rings. The molecule has 1 aliphatic carbocycles. The minimum absolute atomic E-state index is 0.0797. The summed E-state index contributed by atoms with van der Waals surface area (Å²) in [7, 11) is 0. The van der Waals surface area contributed by atoms with Gasteiger partial charge in [-0.3, -0.25) is 9.59 Å². The number of likely N-dealkylation sites (tertiary alicyclic amines) is 1. The van der Waals surface area contributed by atoms with E-state index in [0.717, 1.165) is 37.8 Å². The highest BCUT2D eigenvalue weighted by Gasteiger charge is 2.27. The van der Waals surface area contributed by atoms with Gasteiger partial charge < -0.3 is 16.0 Å². The minimum atomic E-state index is -0.260. The Bertz CT molecular complexity index is 676. The molecule has 3 rings (SSSR count). The van der Waals surface area contributed by atoms with Crippen molar-refractivity contribution in [3.05, 3.63) is 16.0 Å². The van der Waals surface area contributed by atoms with Crippen molar-refractivity contribution < 1.29 is 9.59 Å². The Balaban J connectivity index is 1.53. The average molecular weight is 332 g/mol. The molecule has 122 valence electrons. The van der Waals surface area contributed by atoms with Crippen LogP contribution in [0.2, 0.25) is 0 Å². The van der Waals surface area contributed by atoms with Crippen LogP contribution in [0.25, 0.3) is 0 Å². The lowest BCUT2D eigenvalue weighted by molar-refractivity contribution is -0.121. The van der Waals surface area contributed by atoms with Gasteiger partial charge in [-0.2, -0.15) is 5.26 Å². The van der Waals surface area contributed by atoms with Crippen LogP contribution >= 0.6 is 11.3 Å². The average Bonchev–Trinajstić information content (AvgIpc) is 3.20. The number of primary amides is 1. The Morgan fingerprint density at radius 1 is 1.43 bits per heavy atom. The summed E-state index contributed by atoms with van der Waals surface area (Å²) in [6.07, 6.45) is 4.17. The van der Waals surface area contributed by atoms with Crippen LogP contribution in [0.15, 0.2) is 0 Å². The summed E-state index contributed by atoms with van der Waals surface area (Å²) in [5.74, 6) is -0.434. The lowest BCUT2D eigenvalue weighted by Crippen LogP contribution is -2.29. The number of hydrogen-bond donors (Lipinski definition) is 2. The largest absolute Gasteiger partial charge is 0.369 e. The van der Waals surface area contributed by atoms with Gasteiger partial charge in [0.1, 0.15) is 11.1 Å². The number of nitriles is 1. The first-order valence-electron chi connectivity index (χ1n) is 7.94. The number of carbonyl (C=O) groups is 2. The number of rotatable bonds is 5. The summed E-state index contributed by atoms with van der Waals surface area (Å²) in [4.78, 5) is 26.6. The number of carbonyl (C=O) groups excluding carboxylic acids is 2. The third-order valence-corrected chi connectivity index (χ3v) is 5.82. The van der Waals surface area contributed by atoms with Gasteiger partial charge in [0.2, 0.25) is 11.8 Å². The van der Waals surface area contributed by atoms with Crippen molar-refractivity contribution in [1.82, 2.24) is 4.90 Å². The fraction of sp³-hybridized carbons (Fsp3) is 0.562. The molecule has 1 aromatic rings. The number of fused-ring (bicyclic) bond motifs is 1. The van der Waals surface area contributed by atoms with Gasteiger partial charge in [-0.25, -0.2) is 0 Å². The predicted molar refractivity (Wildman–Crippen MR) is 88.0 cm³/mol. The molecule has 3 N–H and O–H groups in total. The van der Waals surface area contributed by atoms with Gasteiger partial charge in [0, 0.05) is 24.4 Å². The highest BCUT2D eigenvalue weighted by Crippen LogP contribution is 2.38. The van der Waals surface area contributed by atoms with Gasteiger partial charge in [0.25, 0.3) is 0 Å². The Morgan fingerprint density at radius 3 is 2.96 bits per heavy atom. The standard InChI is InChI=1S/C16H20N4O2S/c17-8-12-11-2-1-3-13(11)23-16(12)19-14(21)5-7-20-6-4-10(9-20)15(18)22/h10H,1-7,9H2,(H2,18,22)(H,19,21)/t10-/m1/s1. The van der Waals surface area contributed by atoms with Crippen molar-refractivity contribution in [2.75, 3.05) is 25.0 Å². The highest BCUT2D eigenvalue weighted by molar-refractivity contribution is 7.16. The van der Waals surface area contributed by atoms with E-state index in [0.29, 0.717) is 30.1 Å². The number of amides is 2. The number of aryl methyl sites for hydroxylation is 1. The summed E-state index contributed by atoms with van der Waals surface area (Å²) in [6, 6.07) is 2.23. The first kappa shape index (κ1) is 16.0. The van der Waals surface area contributed by atoms with Crippen LogP contribution in [0.3, 0.4) is 0 Å². The van der Waals surface area contributed by atoms with Crippen molar-refractivity contribution in [2.45, 2.75) is 32.1 Å². The summed E-state index contributed by atoms with van der Waals surface area (Å²) < 4.78 is 0. The van der Waals surface area contributed by atoms with E-state index in [-0.39, 0.29) is 17.7 Å². The molecular formula is C16H20N4O2S. The maximum atomic E-state index is 12.1. The fourth-order valence-corrected chi connectivity index (χ4v) is 4.58. The van der Waals surface area contributed by atoms with Gasteiger partial charge in [-0.15, -0.1) is 11.3 Å². The second-order valence-electron chi connectivity index (χ2n) is 6.16. The maximum Gasteiger partial charge on any atom is 0.226 e. The van der Waals surface area contributed by atoms with Crippen LogP contribution in [0.4, 0.5) is 5.00 Å². The number of thiophene rings is 1. The van der Waals surface area contributed by atoms with Crippen molar-refractivity contribution in [1.29, 1.82) is 5.26 Å². The molecule has 1 saturated heterocycles. The summed E-state index contributed by atoms with van der Waals surface area (Å²) >= 11 is 1.53. The van der Waals surface area contributed by atoms with Crippen LogP contribution in [0, 0.1) is 17.2 Å². The number of anilines is 1. The summed E-state index contributed by atoms with van der Waals surface area (Å²) in [5, 5.41) is 12.9. The first-order valence-corrected chi connectivity index (χ1v) is 8.76. The predicted octanol–water partition coefficient (Wildman–Crippen LogP) is 1.24. The molecule has 1 aliphatic heterocycles. The molecule has 0 radical (unpaired) electrons. The monoisotopic (exact) mass is 332 g/mol. The second-order valence-corrected chi connectivity index (χ2v) is 7.27. The molecule has 2 amide bonds. The van der Waals surface area contributed by atoms with Crippen LogP contribution in [-0.4, -0.2) is 36.3 Å². The van der Waals surface area contributed by atoms with Crippen molar-refractivity contribution in [3.63, 3.8) is 0 Å². The molecule has 1 aromatic heterocycles. The number of nitrogens with one attached hydrogen (secondary N) is 1. The Kier molecular flexibility index (Phi) is 4.64. The number of nitrogens with two attached hydrogens (primary N) is 1. The maximum absolute atomic E-state index is 12.1. The summed E-state index contributed by atoms with van der Waals surface area (Å²) in [6.45, 7) is 2.06. The van der Waals surface area contributed by atoms with E-state index in [2.05, 4.69) is 16.3 Å². The lowest BCUT2D eigenvalue weighted by Gasteiger charge is -2.14. The minimum Gasteiger partial charge on any atom is -0.369 e. The van der Waals surface area contributed by atoms with Gasteiger partial charge >= 0.3 is 0 Å². The van der Waals surface area contributed by atoms with Gasteiger partial charge in [0.15, 0.2) is 0 Å². The fourth-order valence-electron chi connectivity index (χ4n) is 3.33. The topological polar surface area (TPSA) is 99.2 Å². The normalized spacial score (nSPS) is 20.2. The molecule has 0 aromatic carbocycles. The Labute approximate surface area is 139 Å². The lowest BCUT2D eigenvalue weighted by atomic mass is 10.1. The number of nitrogens with zero attached hydrogens (tertiary/aromatic N) is 2. The Morgan fingerprint density at radius 2 is 2.26 bits per heavy atom. The van der Waals surface area contributed by atoms with Crippen molar-refractivity contribution >= 4 is 28.2 Å². The smallest absolute Gasteiger partial charge is 0.226 e. The molecule has 6 nitrogen and oxygen atoms in total. The van der Waals surface area contributed by atoms with Crippen LogP contribution in [0.5, 0.6) is 0 Å². The van der Waals surface area contributed by atoms with Crippen LogP contribution in [0.1, 0.15) is 35.3 Å². The van der Waals surface area contributed by atoms with E-state index in [1.807, 2.05) is 0 Å². The molecule has 2 heterocycles. The molecular weight excluding hydrogens is 312 g/mol. The SMILES string of the molecule is N#Cc1c(NC(=O)CCN2CC[C@@H](C(N)=O)C2)sc2c1CCC2. The van der Waals surface area contributed by atoms with E-state index in [9.17, 15) is 14.9 Å². The zero-order valence-corrected chi connectivity index (χ0v) is 13.7. The molecule has 0 bridgehead atoms. The van der Waals surface area contributed by atoms with Crippen LogP contribution in [-0.2, 0) is 22.4 Å². The van der Waals surface area contributed by atoms with Crippen LogP contribution < -0.4 is 11.1 Å². The zero-order valence-electron chi connectivity index (χ0n) is 12.9. The van der Waals surface area contributed by atoms with Crippen molar-refractivity contribution in [2.24, 2.45) is 11.7 Å². The highest BCUT2D eigenvalue weighted by atomic mass is 32.1. The molecule has 0 unspecified atom stereocenters. The van der Waals surface area contributed by atoms with Crippen molar-refractivity contribution in [3.8, 4) is 6.07 Å². The molecule has 0 spiro atoms. The first-order chi connectivity index (χ1) is 11.1. The zero-order chi connectivity index (χ0) is 16.4. The quantitative estimate of drug-likeness (QED) is 0.847. The van der Waals surface area contributed by atoms with E-state index in [4.69, 9.17) is 5.73 Å². The van der Waals surface area contributed by atoms with E-state index in [1.165, 1.54) is 16.2 Å². The van der Waals surface area contributed by atoms with E-state index >= 15 is 0 Å². The van der Waals surface area contributed by atoms with E-state index < -0.39 is 0 Å².